The van der Waals surface area contributed by atoms with Gasteiger partial charge in [-0.1, -0.05) is 0 Å². The summed E-state index contributed by atoms with van der Waals surface area (Å²) in [5.41, 5.74) is -0.500. The first-order valence-electron chi connectivity index (χ1n) is 19.3. The van der Waals surface area contributed by atoms with Gasteiger partial charge in [-0.25, -0.2) is 19.2 Å². The number of rotatable bonds is 16. The fraction of sp³-hybridized carbons (Fsp3) is 0.707. The summed E-state index contributed by atoms with van der Waals surface area (Å²) in [5.74, 6) is 0. The molecule has 0 bridgehead atoms. The third kappa shape index (κ3) is 19.3. The van der Waals surface area contributed by atoms with Gasteiger partial charge in [0, 0.05) is 39.3 Å². The van der Waals surface area contributed by atoms with Crippen molar-refractivity contribution < 1.29 is 38.1 Å². The van der Waals surface area contributed by atoms with E-state index >= 15 is 0 Å². The van der Waals surface area contributed by atoms with Crippen LogP contribution < -0.4 is 9.80 Å². The van der Waals surface area contributed by atoms with Gasteiger partial charge in [-0.2, -0.15) is 0 Å². The van der Waals surface area contributed by atoms with Crippen LogP contribution in [0.1, 0.15) is 126 Å². The van der Waals surface area contributed by atoms with E-state index in [0.717, 1.165) is 27.5 Å². The molecule has 14 heteroatoms. The molecule has 0 spiro atoms. The number of nitrogens with zero attached hydrogens (tertiary/aromatic N) is 4. The van der Waals surface area contributed by atoms with Gasteiger partial charge in [-0.15, -0.1) is 22.7 Å². The van der Waals surface area contributed by atoms with Gasteiger partial charge in [0.1, 0.15) is 32.4 Å². The van der Waals surface area contributed by atoms with Crippen LogP contribution >= 0.6 is 22.7 Å². The topological polar surface area (TPSA) is 118 Å². The Morgan fingerprint density at radius 1 is 0.455 bits per heavy atom. The van der Waals surface area contributed by atoms with E-state index in [4.69, 9.17) is 18.9 Å². The van der Waals surface area contributed by atoms with Crippen LogP contribution in [0.4, 0.5) is 29.2 Å². The molecular formula is C41H68N4O8S2. The van der Waals surface area contributed by atoms with Crippen molar-refractivity contribution in [1.82, 2.24) is 9.80 Å². The number of carbonyl (C=O) groups is 4. The van der Waals surface area contributed by atoms with E-state index in [1.165, 1.54) is 22.7 Å². The fourth-order valence-electron chi connectivity index (χ4n) is 5.20. The average molecular weight is 809 g/mol. The van der Waals surface area contributed by atoms with Crippen molar-refractivity contribution >= 4 is 57.0 Å². The summed E-state index contributed by atoms with van der Waals surface area (Å²) in [5, 5.41) is 5.58. The molecule has 0 saturated heterocycles. The maximum atomic E-state index is 13.3. The molecule has 0 unspecified atom stereocenters. The first-order chi connectivity index (χ1) is 25.2. The number of aryl methyl sites for hydroxylation is 2. The normalized spacial score (nSPS) is 12.2. The van der Waals surface area contributed by atoms with Gasteiger partial charge in [0.05, 0.1) is 0 Å². The van der Waals surface area contributed by atoms with Crippen LogP contribution in [0.25, 0.3) is 0 Å². The Labute approximate surface area is 338 Å². The number of amides is 4. The molecule has 0 aliphatic carbocycles. The molecule has 12 nitrogen and oxygen atoms in total. The summed E-state index contributed by atoms with van der Waals surface area (Å²) in [6.45, 7) is 28.5. The Morgan fingerprint density at radius 3 is 1.02 bits per heavy atom. The summed E-state index contributed by atoms with van der Waals surface area (Å²) in [6.07, 6.45) is 1.49. The van der Waals surface area contributed by atoms with E-state index in [2.05, 4.69) is 0 Å². The highest BCUT2D eigenvalue weighted by Crippen LogP contribution is 2.28. The molecule has 2 heterocycles. The van der Waals surface area contributed by atoms with Gasteiger partial charge >= 0.3 is 24.4 Å². The van der Waals surface area contributed by atoms with E-state index in [1.54, 1.807) is 19.6 Å². The molecule has 312 valence electrons. The second-order valence-electron chi connectivity index (χ2n) is 17.9. The molecule has 0 aliphatic heterocycles. The van der Waals surface area contributed by atoms with Crippen molar-refractivity contribution in [3.63, 3.8) is 0 Å². The first-order valence-corrected chi connectivity index (χ1v) is 21.1. The lowest BCUT2D eigenvalue weighted by atomic mass is 10.2. The summed E-state index contributed by atoms with van der Waals surface area (Å²) in [7, 11) is 0. The summed E-state index contributed by atoms with van der Waals surface area (Å²) in [6, 6.07) is 3.92. The van der Waals surface area contributed by atoms with E-state index in [-0.39, 0.29) is 0 Å². The molecule has 0 fully saturated rings. The number of hydrogen-bond acceptors (Lipinski definition) is 10. The van der Waals surface area contributed by atoms with Crippen molar-refractivity contribution in [2.24, 2.45) is 0 Å². The minimum Gasteiger partial charge on any atom is -0.444 e. The summed E-state index contributed by atoms with van der Waals surface area (Å²) in [4.78, 5) is 59.7. The number of anilines is 2. The van der Waals surface area contributed by atoms with Crippen LogP contribution in [0.3, 0.4) is 0 Å². The lowest BCUT2D eigenvalue weighted by molar-refractivity contribution is 0.0242. The van der Waals surface area contributed by atoms with Crippen molar-refractivity contribution in [2.75, 3.05) is 49.1 Å². The zero-order valence-electron chi connectivity index (χ0n) is 36.0. The molecule has 55 heavy (non-hydrogen) atoms. The molecule has 2 aromatic rings. The monoisotopic (exact) mass is 808 g/mol. The number of thiophene rings is 2. The highest BCUT2D eigenvalue weighted by Gasteiger charge is 2.28. The van der Waals surface area contributed by atoms with Gasteiger partial charge in [-0.05, 0) is 163 Å². The van der Waals surface area contributed by atoms with Crippen LogP contribution in [-0.4, -0.2) is 95.8 Å². The van der Waals surface area contributed by atoms with Crippen LogP contribution in [0.2, 0.25) is 0 Å². The quantitative estimate of drug-likeness (QED) is 0.121. The van der Waals surface area contributed by atoms with Gasteiger partial charge in [0.25, 0.3) is 0 Å². The number of ether oxygens (including phenoxy) is 4. The zero-order valence-corrected chi connectivity index (χ0v) is 37.6. The Balaban J connectivity index is 2.08. The lowest BCUT2D eigenvalue weighted by Crippen LogP contribution is -2.41. The second-order valence-corrected chi connectivity index (χ2v) is 19.7. The largest absolute Gasteiger partial charge is 0.444 e. The van der Waals surface area contributed by atoms with Gasteiger partial charge in [-0.3, -0.25) is 9.80 Å². The molecule has 0 aliphatic rings. The fourth-order valence-corrected chi connectivity index (χ4v) is 7.04. The van der Waals surface area contributed by atoms with Crippen molar-refractivity contribution in [1.29, 1.82) is 0 Å². The third-order valence-corrected chi connectivity index (χ3v) is 9.61. The van der Waals surface area contributed by atoms with Crippen LogP contribution in [0.5, 0.6) is 0 Å². The molecule has 0 saturated carbocycles. The SMILES string of the molecule is Cc1csc(N(CCCN(CCCCCN(CCCN(C(=O)OC(C)(C)C)c2cc(C)cs2)C(=O)OC(C)(C)C)C(=O)OC(C)(C)C)C(=O)OC(C)(C)C)c1. The van der Waals surface area contributed by atoms with E-state index in [0.29, 0.717) is 65.0 Å². The Bertz CT molecular complexity index is 1420. The first kappa shape index (κ1) is 47.6. The maximum Gasteiger partial charge on any atom is 0.415 e. The molecular weight excluding hydrogens is 741 g/mol. The molecule has 2 rings (SSSR count). The molecule has 0 radical (unpaired) electrons. The van der Waals surface area contributed by atoms with Crippen LogP contribution in [0.15, 0.2) is 22.9 Å². The lowest BCUT2D eigenvalue weighted by Gasteiger charge is -2.30. The smallest absolute Gasteiger partial charge is 0.415 e. The van der Waals surface area contributed by atoms with Crippen LogP contribution in [-0.2, 0) is 18.9 Å². The van der Waals surface area contributed by atoms with Crippen molar-refractivity contribution in [2.45, 2.75) is 151 Å². The molecule has 2 aromatic heterocycles. The Hall–Kier alpha value is -3.52. The minimum absolute atomic E-state index is 0.371. The summed E-state index contributed by atoms with van der Waals surface area (Å²) >= 11 is 2.96. The maximum absolute atomic E-state index is 13.3. The number of unbranched alkanes of at least 4 members (excludes halogenated alkanes) is 2. The van der Waals surface area contributed by atoms with Crippen molar-refractivity contribution in [3.8, 4) is 0 Å². The third-order valence-electron chi connectivity index (χ3n) is 7.47. The van der Waals surface area contributed by atoms with Crippen molar-refractivity contribution in [3.05, 3.63) is 34.0 Å². The number of hydrogen-bond donors (Lipinski definition) is 0. The molecule has 4 amide bonds. The van der Waals surface area contributed by atoms with Gasteiger partial charge in [0.2, 0.25) is 0 Å². The van der Waals surface area contributed by atoms with Gasteiger partial charge in [0.15, 0.2) is 0 Å². The van der Waals surface area contributed by atoms with E-state index in [1.807, 2.05) is 120 Å². The number of carbonyl (C=O) groups excluding carboxylic acids is 4. The Morgan fingerprint density at radius 2 is 0.745 bits per heavy atom. The highest BCUT2D eigenvalue weighted by molar-refractivity contribution is 7.14. The Kier molecular flexibility index (Phi) is 17.8. The highest BCUT2D eigenvalue weighted by atomic mass is 32.1. The molecule has 0 aromatic carbocycles. The summed E-state index contributed by atoms with van der Waals surface area (Å²) < 4.78 is 22.9. The predicted octanol–water partition coefficient (Wildman–Crippen LogP) is 11.0. The van der Waals surface area contributed by atoms with Gasteiger partial charge < -0.3 is 28.7 Å². The average Bonchev–Trinajstić information content (AvgIpc) is 3.62. The molecule has 0 atom stereocenters. The van der Waals surface area contributed by atoms with E-state index < -0.39 is 46.8 Å². The van der Waals surface area contributed by atoms with E-state index in [9.17, 15) is 19.2 Å². The minimum atomic E-state index is -0.665. The zero-order chi connectivity index (χ0) is 41.8. The second kappa shape index (κ2) is 20.6. The standard InChI is InChI=1S/C41H68N4O8S2/c1-30-26-32(54-28-30)44(36(48)52-40(9,10)11)24-18-22-42(34(46)50-38(3,4)5)20-16-15-17-21-43(35(47)51-39(6,7)8)23-19-25-45(33-27-31(2)29-55-33)37(49)53-41(12,13)14/h26-29H,15-25H2,1-14H3. The molecule has 0 N–H and O–H groups in total. The predicted molar refractivity (Wildman–Crippen MR) is 224 cm³/mol. The van der Waals surface area contributed by atoms with Crippen LogP contribution in [0, 0.1) is 13.8 Å².